The number of amides is 2. The average molecular weight is 646 g/mol. The molecule has 0 radical (unpaired) electrons. The molecule has 2 saturated heterocycles. The summed E-state index contributed by atoms with van der Waals surface area (Å²) in [5.41, 5.74) is 2.13. The van der Waals surface area contributed by atoms with E-state index in [0.29, 0.717) is 39.1 Å². The van der Waals surface area contributed by atoms with Crippen LogP contribution in [0.4, 0.5) is 0 Å². The van der Waals surface area contributed by atoms with E-state index in [1.54, 1.807) is 24.8 Å². The Kier molecular flexibility index (Phi) is 11.9. The van der Waals surface area contributed by atoms with Crippen molar-refractivity contribution in [1.29, 1.82) is 0 Å². The number of rotatable bonds is 12. The molecule has 4 rings (SSSR count). The minimum atomic E-state index is -1.57. The molecule has 3 heterocycles. The van der Waals surface area contributed by atoms with Crippen LogP contribution in [0.1, 0.15) is 56.0 Å². The quantitative estimate of drug-likeness (QED) is 0.145. The number of piperazine rings is 1. The molecule has 0 saturated carbocycles. The highest BCUT2D eigenvalue weighted by Gasteiger charge is 2.45. The van der Waals surface area contributed by atoms with E-state index < -0.39 is 48.8 Å². The lowest BCUT2D eigenvalue weighted by Gasteiger charge is -2.39. The van der Waals surface area contributed by atoms with Crippen molar-refractivity contribution in [2.24, 2.45) is 0 Å². The van der Waals surface area contributed by atoms with Crippen LogP contribution in [0.5, 0.6) is 5.88 Å². The maximum Gasteiger partial charge on any atom is 0.247 e. The van der Waals surface area contributed by atoms with Crippen LogP contribution in [0.2, 0.25) is 0 Å². The van der Waals surface area contributed by atoms with Crippen molar-refractivity contribution in [3.8, 4) is 5.88 Å². The summed E-state index contributed by atoms with van der Waals surface area (Å²) in [4.78, 5) is 29.7. The van der Waals surface area contributed by atoms with Crippen molar-refractivity contribution in [2.45, 2.75) is 76.3 Å². The number of aromatic nitrogens is 2. The van der Waals surface area contributed by atoms with E-state index in [4.69, 9.17) is 14.6 Å². The van der Waals surface area contributed by atoms with Gasteiger partial charge < -0.3 is 45.2 Å². The minimum absolute atomic E-state index is 0.0578. The summed E-state index contributed by atoms with van der Waals surface area (Å²) in [6.07, 6.45) is -3.64. The van der Waals surface area contributed by atoms with Crippen molar-refractivity contribution in [2.75, 3.05) is 45.9 Å². The summed E-state index contributed by atoms with van der Waals surface area (Å²) in [5.74, 6) is -0.325. The Bertz CT molecular complexity index is 1340. The van der Waals surface area contributed by atoms with Crippen LogP contribution in [-0.4, -0.2) is 140 Å². The SMILES string of the molecule is CC(C)c1[nH]nc(O[C@@H]2O[C@H](CO)[C@@H](O)[C@H](O)[C@H]2O)c1Cc1ccc(/C=C/C(=O)NC(C)(C)C(=O)N2CCN(CCO)CC2)cc1. The van der Waals surface area contributed by atoms with Gasteiger partial charge in [-0.25, -0.2) is 0 Å². The second-order valence-electron chi connectivity index (χ2n) is 12.6. The molecule has 2 aromatic rings. The number of carbonyl (C=O) groups is 2. The lowest BCUT2D eigenvalue weighted by molar-refractivity contribution is -0.278. The molecule has 14 heteroatoms. The molecule has 7 N–H and O–H groups in total. The molecule has 2 aliphatic heterocycles. The third-order valence-corrected chi connectivity index (χ3v) is 8.35. The highest BCUT2D eigenvalue weighted by Crippen LogP contribution is 2.31. The monoisotopic (exact) mass is 645 g/mol. The molecule has 5 atom stereocenters. The Labute approximate surface area is 268 Å². The fourth-order valence-electron chi connectivity index (χ4n) is 5.62. The number of ether oxygens (including phenoxy) is 2. The molecule has 2 aliphatic rings. The van der Waals surface area contributed by atoms with Gasteiger partial charge in [0.2, 0.25) is 24.0 Å². The van der Waals surface area contributed by atoms with Crippen LogP contribution in [0, 0.1) is 0 Å². The summed E-state index contributed by atoms with van der Waals surface area (Å²) in [5, 5.41) is 59.3. The van der Waals surface area contributed by atoms with Gasteiger partial charge in [-0.15, -0.1) is 5.10 Å². The van der Waals surface area contributed by atoms with Crippen LogP contribution in [0.15, 0.2) is 30.3 Å². The number of hydrogen-bond donors (Lipinski definition) is 7. The third kappa shape index (κ3) is 8.50. The normalized spacial score (nSPS) is 24.5. The standard InChI is InChI=1S/C32H47N5O9/c1-19(2)25-22(29(35-34-25)46-30-28(43)27(42)26(41)23(18-39)45-30)17-21-7-5-20(6-8-21)9-10-24(40)33-32(3,4)31(44)37-13-11-36(12-14-37)15-16-38/h5-10,19,23,26-28,30,38-39,41-43H,11-18H2,1-4H3,(H,33,40)(H,34,35)/b10-9+/t23-,26-,27+,28-,30+/m1/s1. The van der Waals surface area contributed by atoms with E-state index in [2.05, 4.69) is 20.4 Å². The number of aliphatic hydroxyl groups excluding tert-OH is 5. The zero-order valence-corrected chi connectivity index (χ0v) is 26.8. The topological polar surface area (TPSA) is 201 Å². The van der Waals surface area contributed by atoms with Crippen LogP contribution in [0.25, 0.3) is 6.08 Å². The van der Waals surface area contributed by atoms with E-state index in [-0.39, 0.29) is 24.3 Å². The number of nitrogens with zero attached hydrogens (tertiary/aromatic N) is 3. The predicted octanol–water partition coefficient (Wildman–Crippen LogP) is -0.653. The van der Waals surface area contributed by atoms with Crippen LogP contribution in [0.3, 0.4) is 0 Å². The van der Waals surface area contributed by atoms with Gasteiger partial charge in [-0.3, -0.25) is 19.6 Å². The smallest absolute Gasteiger partial charge is 0.247 e. The third-order valence-electron chi connectivity index (χ3n) is 8.35. The Morgan fingerprint density at radius 1 is 1.09 bits per heavy atom. The maximum atomic E-state index is 13.1. The molecular weight excluding hydrogens is 598 g/mol. The van der Waals surface area contributed by atoms with E-state index >= 15 is 0 Å². The molecule has 0 aliphatic carbocycles. The summed E-state index contributed by atoms with van der Waals surface area (Å²) in [6, 6.07) is 7.51. The van der Waals surface area contributed by atoms with Crippen LogP contribution < -0.4 is 10.1 Å². The highest BCUT2D eigenvalue weighted by atomic mass is 16.7. The molecule has 0 unspecified atom stereocenters. The first-order valence-electron chi connectivity index (χ1n) is 15.6. The number of carbonyl (C=O) groups excluding carboxylic acids is 2. The zero-order valence-electron chi connectivity index (χ0n) is 26.8. The van der Waals surface area contributed by atoms with Gasteiger partial charge in [0.15, 0.2) is 0 Å². The number of aliphatic hydroxyl groups is 5. The summed E-state index contributed by atoms with van der Waals surface area (Å²) >= 11 is 0. The van der Waals surface area contributed by atoms with Crippen molar-refractivity contribution in [1.82, 2.24) is 25.3 Å². The number of aromatic amines is 1. The van der Waals surface area contributed by atoms with E-state index in [9.17, 15) is 30.0 Å². The fourth-order valence-corrected chi connectivity index (χ4v) is 5.62. The first-order chi connectivity index (χ1) is 21.8. The van der Waals surface area contributed by atoms with Gasteiger partial charge in [-0.1, -0.05) is 38.1 Å². The predicted molar refractivity (Wildman–Crippen MR) is 168 cm³/mol. The van der Waals surface area contributed by atoms with Gasteiger partial charge in [0.1, 0.15) is 30.0 Å². The molecular formula is C32H47N5O9. The Morgan fingerprint density at radius 3 is 2.37 bits per heavy atom. The lowest BCUT2D eigenvalue weighted by Crippen LogP contribution is -2.60. The highest BCUT2D eigenvalue weighted by molar-refractivity contribution is 5.97. The number of β-amino-alcohol motifs (C(OH)–C–C–N with tert-alkyl or cyclic N) is 1. The van der Waals surface area contributed by atoms with E-state index in [0.717, 1.165) is 22.4 Å². The number of hydrogen-bond acceptors (Lipinski definition) is 11. The van der Waals surface area contributed by atoms with Gasteiger partial charge in [-0.05, 0) is 37.0 Å². The first kappa shape index (κ1) is 35.5. The van der Waals surface area contributed by atoms with Crippen molar-refractivity contribution in [3.63, 3.8) is 0 Å². The largest absolute Gasteiger partial charge is 0.443 e. The summed E-state index contributed by atoms with van der Waals surface area (Å²) in [6.45, 7) is 9.88. The van der Waals surface area contributed by atoms with Gasteiger partial charge in [0.05, 0.1) is 13.2 Å². The molecule has 2 fully saturated rings. The second kappa shape index (κ2) is 15.5. The fraction of sp³-hybridized carbons (Fsp3) is 0.594. The van der Waals surface area contributed by atoms with E-state index in [1.165, 1.54) is 6.08 Å². The van der Waals surface area contributed by atoms with Crippen molar-refractivity contribution in [3.05, 3.63) is 52.7 Å². The van der Waals surface area contributed by atoms with Gasteiger partial charge in [-0.2, -0.15) is 0 Å². The number of nitrogens with one attached hydrogen (secondary N) is 2. The zero-order chi connectivity index (χ0) is 33.6. The van der Waals surface area contributed by atoms with Crippen molar-refractivity contribution >= 4 is 17.9 Å². The molecule has 254 valence electrons. The summed E-state index contributed by atoms with van der Waals surface area (Å²) in [7, 11) is 0. The molecule has 14 nitrogen and oxygen atoms in total. The molecule has 1 aromatic carbocycles. The van der Waals surface area contributed by atoms with Crippen LogP contribution in [-0.2, 0) is 20.7 Å². The maximum absolute atomic E-state index is 13.1. The average Bonchev–Trinajstić information content (AvgIpc) is 3.42. The lowest BCUT2D eigenvalue weighted by atomic mass is 9.98. The Morgan fingerprint density at radius 2 is 1.76 bits per heavy atom. The molecule has 46 heavy (non-hydrogen) atoms. The van der Waals surface area contributed by atoms with Crippen LogP contribution >= 0.6 is 0 Å². The minimum Gasteiger partial charge on any atom is -0.443 e. The van der Waals surface area contributed by atoms with Gasteiger partial charge in [0, 0.05) is 56.5 Å². The summed E-state index contributed by atoms with van der Waals surface area (Å²) < 4.78 is 11.4. The molecule has 0 spiro atoms. The second-order valence-corrected chi connectivity index (χ2v) is 12.6. The van der Waals surface area contributed by atoms with Gasteiger partial charge in [0.25, 0.3) is 0 Å². The molecule has 2 amide bonds. The number of H-pyrrole nitrogens is 1. The molecule has 1 aromatic heterocycles. The molecule has 0 bridgehead atoms. The van der Waals surface area contributed by atoms with Crippen molar-refractivity contribution < 1.29 is 44.6 Å². The first-order valence-corrected chi connectivity index (χ1v) is 15.6. The number of benzene rings is 1. The Balaban J connectivity index is 1.37. The van der Waals surface area contributed by atoms with Gasteiger partial charge >= 0.3 is 0 Å². The van der Waals surface area contributed by atoms with E-state index in [1.807, 2.05) is 38.1 Å². The Hall–Kier alpha value is -3.37.